The first kappa shape index (κ1) is 14.1. The zero-order valence-corrected chi connectivity index (χ0v) is 13.0. The second kappa shape index (κ2) is 6.22. The number of benzene rings is 2. The van der Waals surface area contributed by atoms with Crippen LogP contribution < -0.4 is 10.1 Å². The van der Waals surface area contributed by atoms with Gasteiger partial charge in [0, 0.05) is 4.47 Å². The van der Waals surface area contributed by atoms with Crippen LogP contribution >= 0.6 is 15.9 Å². The zero-order chi connectivity index (χ0) is 13.8. The Bertz CT molecular complexity index is 548. The summed E-state index contributed by atoms with van der Waals surface area (Å²) < 4.78 is 6.40. The van der Waals surface area contributed by atoms with Crippen molar-refractivity contribution in [1.29, 1.82) is 0 Å². The van der Waals surface area contributed by atoms with E-state index < -0.39 is 0 Å². The molecule has 0 saturated carbocycles. The summed E-state index contributed by atoms with van der Waals surface area (Å²) in [6, 6.07) is 14.8. The molecular weight excluding hydrogens is 302 g/mol. The van der Waals surface area contributed by atoms with Gasteiger partial charge in [0.15, 0.2) is 0 Å². The molecule has 0 spiro atoms. The number of aryl methyl sites for hydroxylation is 1. The van der Waals surface area contributed by atoms with E-state index in [1.165, 1.54) is 16.7 Å². The van der Waals surface area contributed by atoms with Crippen molar-refractivity contribution in [3.8, 4) is 5.75 Å². The fourth-order valence-electron chi connectivity index (χ4n) is 2.28. The first-order chi connectivity index (χ1) is 9.13. The topological polar surface area (TPSA) is 21.3 Å². The molecular formula is C16H18BrNO. The van der Waals surface area contributed by atoms with E-state index in [9.17, 15) is 0 Å². The Morgan fingerprint density at radius 2 is 1.89 bits per heavy atom. The minimum atomic E-state index is 0.159. The van der Waals surface area contributed by atoms with Crippen LogP contribution in [-0.4, -0.2) is 14.2 Å². The van der Waals surface area contributed by atoms with Gasteiger partial charge in [-0.15, -0.1) is 0 Å². The maximum absolute atomic E-state index is 5.30. The molecule has 0 aliphatic rings. The highest BCUT2D eigenvalue weighted by Gasteiger charge is 2.13. The van der Waals surface area contributed by atoms with Crippen molar-refractivity contribution in [1.82, 2.24) is 5.32 Å². The van der Waals surface area contributed by atoms with E-state index in [0.717, 1.165) is 10.2 Å². The van der Waals surface area contributed by atoms with Gasteiger partial charge in [-0.25, -0.2) is 0 Å². The van der Waals surface area contributed by atoms with Crippen molar-refractivity contribution in [3.63, 3.8) is 0 Å². The third-order valence-electron chi connectivity index (χ3n) is 3.11. The normalized spacial score (nSPS) is 12.2. The Morgan fingerprint density at radius 1 is 1.11 bits per heavy atom. The minimum Gasteiger partial charge on any atom is -0.497 e. The fraction of sp³-hybridized carbons (Fsp3) is 0.250. The van der Waals surface area contributed by atoms with Gasteiger partial charge in [-0.3, -0.25) is 0 Å². The number of ether oxygens (including phenoxy) is 1. The van der Waals surface area contributed by atoms with Gasteiger partial charge in [0.1, 0.15) is 5.75 Å². The lowest BCUT2D eigenvalue weighted by Gasteiger charge is -2.19. The Morgan fingerprint density at radius 3 is 2.53 bits per heavy atom. The molecule has 2 aromatic rings. The summed E-state index contributed by atoms with van der Waals surface area (Å²) in [5.74, 6) is 0.879. The molecule has 0 aliphatic carbocycles. The van der Waals surface area contributed by atoms with Crippen LogP contribution in [0.5, 0.6) is 5.75 Å². The lowest BCUT2D eigenvalue weighted by atomic mass is 9.97. The first-order valence-electron chi connectivity index (χ1n) is 6.22. The molecule has 0 fully saturated rings. The summed E-state index contributed by atoms with van der Waals surface area (Å²) >= 11 is 3.56. The maximum atomic E-state index is 5.30. The van der Waals surface area contributed by atoms with E-state index in [1.54, 1.807) is 7.11 Å². The molecule has 0 aliphatic heterocycles. The molecule has 2 nitrogen and oxygen atoms in total. The minimum absolute atomic E-state index is 0.159. The second-order valence-corrected chi connectivity index (χ2v) is 5.48. The zero-order valence-electron chi connectivity index (χ0n) is 11.4. The van der Waals surface area contributed by atoms with Crippen LogP contribution in [0.3, 0.4) is 0 Å². The van der Waals surface area contributed by atoms with E-state index in [0.29, 0.717) is 0 Å². The van der Waals surface area contributed by atoms with Gasteiger partial charge in [0.2, 0.25) is 0 Å². The summed E-state index contributed by atoms with van der Waals surface area (Å²) in [7, 11) is 3.66. The van der Waals surface area contributed by atoms with Gasteiger partial charge in [-0.05, 0) is 54.9 Å². The largest absolute Gasteiger partial charge is 0.497 e. The van der Waals surface area contributed by atoms with Crippen LogP contribution in [0.4, 0.5) is 0 Å². The van der Waals surface area contributed by atoms with Crippen molar-refractivity contribution >= 4 is 15.9 Å². The average Bonchev–Trinajstić information content (AvgIpc) is 2.39. The summed E-state index contributed by atoms with van der Waals surface area (Å²) in [5, 5.41) is 3.36. The van der Waals surface area contributed by atoms with Crippen LogP contribution in [0.2, 0.25) is 0 Å². The molecule has 0 radical (unpaired) electrons. The van der Waals surface area contributed by atoms with E-state index >= 15 is 0 Å². The predicted octanol–water partition coefficient (Wildman–Crippen LogP) is 4.07. The number of hydrogen-bond acceptors (Lipinski definition) is 2. The number of hydrogen-bond donors (Lipinski definition) is 1. The van der Waals surface area contributed by atoms with E-state index in [2.05, 4.69) is 58.5 Å². The molecule has 0 amide bonds. The molecule has 2 aromatic carbocycles. The first-order valence-corrected chi connectivity index (χ1v) is 7.01. The number of rotatable bonds is 4. The van der Waals surface area contributed by atoms with Gasteiger partial charge in [-0.2, -0.15) is 0 Å². The predicted molar refractivity (Wildman–Crippen MR) is 82.8 cm³/mol. The molecule has 100 valence electrons. The quantitative estimate of drug-likeness (QED) is 0.917. The summed E-state index contributed by atoms with van der Waals surface area (Å²) in [4.78, 5) is 0. The number of nitrogens with one attached hydrogen (secondary N) is 1. The van der Waals surface area contributed by atoms with Crippen molar-refractivity contribution in [3.05, 3.63) is 63.6 Å². The molecule has 2 rings (SSSR count). The Labute approximate surface area is 122 Å². The van der Waals surface area contributed by atoms with Crippen molar-refractivity contribution < 1.29 is 4.74 Å². The second-order valence-electron chi connectivity index (χ2n) is 4.56. The Kier molecular flexibility index (Phi) is 4.61. The summed E-state index contributed by atoms with van der Waals surface area (Å²) in [6.45, 7) is 2.10. The third-order valence-corrected chi connectivity index (χ3v) is 3.57. The van der Waals surface area contributed by atoms with Crippen LogP contribution in [-0.2, 0) is 0 Å². The monoisotopic (exact) mass is 319 g/mol. The van der Waals surface area contributed by atoms with Gasteiger partial charge < -0.3 is 10.1 Å². The molecule has 19 heavy (non-hydrogen) atoms. The van der Waals surface area contributed by atoms with E-state index in [1.807, 2.05) is 19.2 Å². The van der Waals surface area contributed by atoms with Crippen molar-refractivity contribution in [2.45, 2.75) is 13.0 Å². The number of halogens is 1. The standard InChI is InChI=1S/C16H18BrNO/c1-11-7-13(9-14(17)8-11)16(18-2)12-5-4-6-15(10-12)19-3/h4-10,16,18H,1-3H3. The summed E-state index contributed by atoms with van der Waals surface area (Å²) in [5.41, 5.74) is 3.68. The molecule has 0 aromatic heterocycles. The highest BCUT2D eigenvalue weighted by atomic mass is 79.9. The van der Waals surface area contributed by atoms with Crippen LogP contribution in [0, 0.1) is 6.92 Å². The lowest BCUT2D eigenvalue weighted by Crippen LogP contribution is -2.17. The SMILES string of the molecule is CNC(c1cc(C)cc(Br)c1)c1cccc(OC)c1. The van der Waals surface area contributed by atoms with E-state index in [4.69, 9.17) is 4.74 Å². The van der Waals surface area contributed by atoms with E-state index in [-0.39, 0.29) is 6.04 Å². The molecule has 0 bridgehead atoms. The van der Waals surface area contributed by atoms with Gasteiger partial charge in [0.25, 0.3) is 0 Å². The van der Waals surface area contributed by atoms with Gasteiger partial charge >= 0.3 is 0 Å². The molecule has 0 heterocycles. The molecule has 1 N–H and O–H groups in total. The average molecular weight is 320 g/mol. The maximum Gasteiger partial charge on any atom is 0.119 e. The molecule has 1 unspecified atom stereocenters. The molecule has 3 heteroatoms. The van der Waals surface area contributed by atoms with Crippen molar-refractivity contribution in [2.24, 2.45) is 0 Å². The van der Waals surface area contributed by atoms with Crippen LogP contribution in [0.15, 0.2) is 46.9 Å². The smallest absolute Gasteiger partial charge is 0.119 e. The summed E-state index contributed by atoms with van der Waals surface area (Å²) in [6.07, 6.45) is 0. The van der Waals surface area contributed by atoms with Crippen LogP contribution in [0.25, 0.3) is 0 Å². The van der Waals surface area contributed by atoms with Gasteiger partial charge in [-0.1, -0.05) is 34.1 Å². The third kappa shape index (κ3) is 3.37. The fourth-order valence-corrected chi connectivity index (χ4v) is 2.90. The number of methoxy groups -OCH3 is 1. The highest BCUT2D eigenvalue weighted by Crippen LogP contribution is 2.27. The highest BCUT2D eigenvalue weighted by molar-refractivity contribution is 9.10. The molecule has 0 saturated heterocycles. The lowest BCUT2D eigenvalue weighted by molar-refractivity contribution is 0.414. The van der Waals surface area contributed by atoms with Gasteiger partial charge in [0.05, 0.1) is 13.2 Å². The van der Waals surface area contributed by atoms with Crippen LogP contribution in [0.1, 0.15) is 22.7 Å². The van der Waals surface area contributed by atoms with Crippen molar-refractivity contribution in [2.75, 3.05) is 14.2 Å². The Balaban J connectivity index is 2.43. The Hall–Kier alpha value is -1.32. The molecule has 1 atom stereocenters.